The van der Waals surface area contributed by atoms with Crippen molar-refractivity contribution in [2.24, 2.45) is 5.73 Å². The number of carbonyl (C=O) groups is 1. The number of aromatic nitrogens is 1. The van der Waals surface area contributed by atoms with Gasteiger partial charge in [-0.15, -0.1) is 0 Å². The normalized spacial score (nSPS) is 16.6. The highest BCUT2D eigenvalue weighted by atomic mass is 16.5. The number of nitriles is 1. The van der Waals surface area contributed by atoms with E-state index in [1.165, 1.54) is 0 Å². The third-order valence-corrected chi connectivity index (χ3v) is 4.64. The average molecular weight is 379 g/mol. The van der Waals surface area contributed by atoms with Crippen molar-refractivity contribution in [2.45, 2.75) is 33.6 Å². The van der Waals surface area contributed by atoms with Crippen molar-refractivity contribution in [1.82, 2.24) is 5.16 Å². The van der Waals surface area contributed by atoms with Gasteiger partial charge in [-0.05, 0) is 44.9 Å². The minimum atomic E-state index is -0.682. The molecular formula is C21H21N3O4. The van der Waals surface area contributed by atoms with Gasteiger partial charge in [-0.25, -0.2) is 4.79 Å². The highest BCUT2D eigenvalue weighted by Gasteiger charge is 2.36. The summed E-state index contributed by atoms with van der Waals surface area (Å²) in [6.45, 7) is 7.27. The maximum Gasteiger partial charge on any atom is 0.338 e. The molecule has 7 heteroatoms. The summed E-state index contributed by atoms with van der Waals surface area (Å²) in [6, 6.07) is 9.61. The Morgan fingerprint density at radius 1 is 1.36 bits per heavy atom. The zero-order chi connectivity index (χ0) is 20.4. The predicted molar refractivity (Wildman–Crippen MR) is 101 cm³/mol. The van der Waals surface area contributed by atoms with Gasteiger partial charge in [0.2, 0.25) is 5.88 Å². The topological polar surface area (TPSA) is 111 Å². The highest BCUT2D eigenvalue weighted by Crippen LogP contribution is 2.41. The van der Waals surface area contributed by atoms with Crippen LogP contribution in [0, 0.1) is 25.2 Å². The van der Waals surface area contributed by atoms with E-state index in [1.54, 1.807) is 13.8 Å². The molecule has 0 radical (unpaired) electrons. The Morgan fingerprint density at radius 3 is 2.71 bits per heavy atom. The first kappa shape index (κ1) is 19.2. The summed E-state index contributed by atoms with van der Waals surface area (Å²) in [5, 5.41) is 13.7. The molecule has 7 nitrogen and oxygen atoms in total. The second kappa shape index (κ2) is 7.61. The van der Waals surface area contributed by atoms with Gasteiger partial charge in [0.15, 0.2) is 0 Å². The first-order valence-electron chi connectivity index (χ1n) is 8.87. The van der Waals surface area contributed by atoms with Crippen molar-refractivity contribution < 1.29 is 18.8 Å². The SMILES string of the molecule is CCOC(=O)C1=C(C)OC(N)=C(C#N)C1c1cccc(-c2c(C)noc2C)c1. The van der Waals surface area contributed by atoms with Crippen molar-refractivity contribution >= 4 is 5.97 Å². The number of hydrogen-bond acceptors (Lipinski definition) is 7. The number of carbonyl (C=O) groups excluding carboxylic acids is 1. The van der Waals surface area contributed by atoms with Crippen LogP contribution in [0.5, 0.6) is 0 Å². The summed E-state index contributed by atoms with van der Waals surface area (Å²) >= 11 is 0. The molecule has 1 aromatic carbocycles. The number of nitrogens with zero attached hydrogens (tertiary/aromatic N) is 2. The Labute approximate surface area is 163 Å². The number of hydrogen-bond donors (Lipinski definition) is 1. The third kappa shape index (κ3) is 3.25. The molecule has 0 aliphatic carbocycles. The van der Waals surface area contributed by atoms with Gasteiger partial charge in [-0.1, -0.05) is 23.4 Å². The molecule has 1 aliphatic rings. The Hall–Kier alpha value is -3.53. The van der Waals surface area contributed by atoms with Crippen LogP contribution in [0.3, 0.4) is 0 Å². The molecule has 28 heavy (non-hydrogen) atoms. The lowest BCUT2D eigenvalue weighted by Crippen LogP contribution is -2.25. The van der Waals surface area contributed by atoms with E-state index in [-0.39, 0.29) is 23.6 Å². The Balaban J connectivity index is 2.18. The minimum absolute atomic E-state index is 0.0132. The number of benzene rings is 1. The lowest BCUT2D eigenvalue weighted by molar-refractivity contribution is -0.139. The maximum atomic E-state index is 12.6. The van der Waals surface area contributed by atoms with Gasteiger partial charge in [-0.3, -0.25) is 0 Å². The van der Waals surface area contributed by atoms with Crippen LogP contribution in [0.4, 0.5) is 0 Å². The maximum absolute atomic E-state index is 12.6. The molecule has 3 rings (SSSR count). The molecule has 0 fully saturated rings. The van der Waals surface area contributed by atoms with E-state index in [4.69, 9.17) is 19.7 Å². The Morgan fingerprint density at radius 2 is 2.11 bits per heavy atom. The quantitative estimate of drug-likeness (QED) is 0.808. The summed E-state index contributed by atoms with van der Waals surface area (Å²) in [6.07, 6.45) is 0. The number of rotatable bonds is 4. The summed E-state index contributed by atoms with van der Waals surface area (Å²) < 4.78 is 15.9. The fraction of sp³-hybridized carbons (Fsp3) is 0.286. The number of allylic oxidation sites excluding steroid dienone is 2. The largest absolute Gasteiger partial charge is 0.463 e. The second-order valence-electron chi connectivity index (χ2n) is 6.44. The second-order valence-corrected chi connectivity index (χ2v) is 6.44. The molecule has 0 bridgehead atoms. The molecule has 1 atom stereocenters. The van der Waals surface area contributed by atoms with Crippen LogP contribution >= 0.6 is 0 Å². The zero-order valence-corrected chi connectivity index (χ0v) is 16.2. The van der Waals surface area contributed by atoms with Gasteiger partial charge in [0.05, 0.1) is 23.8 Å². The van der Waals surface area contributed by atoms with E-state index in [2.05, 4.69) is 11.2 Å². The van der Waals surface area contributed by atoms with Crippen molar-refractivity contribution in [3.63, 3.8) is 0 Å². The van der Waals surface area contributed by atoms with Crippen LogP contribution in [-0.4, -0.2) is 17.7 Å². The third-order valence-electron chi connectivity index (χ3n) is 4.64. The monoisotopic (exact) mass is 379 g/mol. The molecule has 0 amide bonds. The van der Waals surface area contributed by atoms with E-state index in [0.717, 1.165) is 22.4 Å². The van der Waals surface area contributed by atoms with E-state index in [0.29, 0.717) is 11.5 Å². The molecule has 1 aliphatic heterocycles. The fourth-order valence-corrected chi connectivity index (χ4v) is 3.46. The predicted octanol–water partition coefficient (Wildman–Crippen LogP) is 3.60. The van der Waals surface area contributed by atoms with Crippen LogP contribution in [-0.2, 0) is 14.3 Å². The number of aryl methyl sites for hydroxylation is 2. The number of nitrogens with two attached hydrogens (primary N) is 1. The smallest absolute Gasteiger partial charge is 0.338 e. The molecule has 0 saturated carbocycles. The standard InChI is InChI=1S/C21H21N3O4/c1-5-26-21(25)18-12(3)27-20(23)16(10-22)19(18)15-8-6-7-14(9-15)17-11(2)24-28-13(17)4/h6-9,19H,5,23H2,1-4H3. The lowest BCUT2D eigenvalue weighted by atomic mass is 9.82. The Kier molecular flexibility index (Phi) is 5.23. The fourth-order valence-electron chi connectivity index (χ4n) is 3.46. The van der Waals surface area contributed by atoms with Crippen molar-refractivity contribution in [2.75, 3.05) is 6.61 Å². The molecule has 1 aromatic heterocycles. The molecule has 0 saturated heterocycles. The molecule has 1 unspecified atom stereocenters. The summed E-state index contributed by atoms with van der Waals surface area (Å²) in [5.74, 6) is -0.218. The van der Waals surface area contributed by atoms with Crippen molar-refractivity contribution in [1.29, 1.82) is 5.26 Å². The zero-order valence-electron chi connectivity index (χ0n) is 16.2. The van der Waals surface area contributed by atoms with Gasteiger partial charge in [0.25, 0.3) is 0 Å². The number of ether oxygens (including phenoxy) is 2. The van der Waals surface area contributed by atoms with Gasteiger partial charge < -0.3 is 19.7 Å². The molecular weight excluding hydrogens is 358 g/mol. The van der Waals surface area contributed by atoms with E-state index < -0.39 is 11.9 Å². The summed E-state index contributed by atoms with van der Waals surface area (Å²) in [5.41, 5.74) is 9.62. The van der Waals surface area contributed by atoms with E-state index in [1.807, 2.05) is 38.1 Å². The average Bonchev–Trinajstić information content (AvgIpc) is 2.99. The summed E-state index contributed by atoms with van der Waals surface area (Å²) in [4.78, 5) is 12.6. The van der Waals surface area contributed by atoms with Gasteiger partial charge in [0.1, 0.15) is 23.2 Å². The van der Waals surface area contributed by atoms with Gasteiger partial charge in [-0.2, -0.15) is 5.26 Å². The highest BCUT2D eigenvalue weighted by molar-refractivity contribution is 5.92. The first-order chi connectivity index (χ1) is 13.4. The van der Waals surface area contributed by atoms with Crippen LogP contribution in [0.1, 0.15) is 36.8 Å². The van der Waals surface area contributed by atoms with Crippen LogP contribution < -0.4 is 5.73 Å². The van der Waals surface area contributed by atoms with E-state index in [9.17, 15) is 10.1 Å². The molecule has 2 heterocycles. The minimum Gasteiger partial charge on any atom is -0.463 e. The molecule has 0 spiro atoms. The Bertz CT molecular complexity index is 1020. The summed E-state index contributed by atoms with van der Waals surface area (Å²) in [7, 11) is 0. The van der Waals surface area contributed by atoms with Crippen LogP contribution in [0.25, 0.3) is 11.1 Å². The van der Waals surface area contributed by atoms with Gasteiger partial charge >= 0.3 is 5.97 Å². The van der Waals surface area contributed by atoms with Crippen LogP contribution in [0.15, 0.2) is 51.6 Å². The van der Waals surface area contributed by atoms with Crippen molar-refractivity contribution in [3.8, 4) is 17.2 Å². The van der Waals surface area contributed by atoms with Crippen molar-refractivity contribution in [3.05, 3.63) is 64.1 Å². The van der Waals surface area contributed by atoms with E-state index >= 15 is 0 Å². The van der Waals surface area contributed by atoms with Crippen LogP contribution in [0.2, 0.25) is 0 Å². The molecule has 2 N–H and O–H groups in total. The first-order valence-corrected chi connectivity index (χ1v) is 8.87. The molecule has 2 aromatic rings. The molecule has 144 valence electrons. The van der Waals surface area contributed by atoms with Gasteiger partial charge in [0, 0.05) is 5.56 Å². The lowest BCUT2D eigenvalue weighted by Gasteiger charge is -2.27. The number of esters is 1.